The van der Waals surface area contributed by atoms with Crippen LogP contribution in [0.1, 0.15) is 24.8 Å². The first-order valence-electron chi connectivity index (χ1n) is 6.98. The lowest BCUT2D eigenvalue weighted by molar-refractivity contribution is 0.358. The van der Waals surface area contributed by atoms with Crippen molar-refractivity contribution >= 4 is 22.4 Å². The SMILES string of the molecule is Cl.O=S(=O)(Cc1cccc(F)c1)NCCC1CCCNC1. The average Bonchev–Trinajstić information content (AvgIpc) is 2.39. The van der Waals surface area contributed by atoms with Gasteiger partial charge in [0.1, 0.15) is 5.82 Å². The second-order valence-corrected chi connectivity index (χ2v) is 7.09. The normalized spacial score (nSPS) is 19.0. The molecule has 0 aliphatic carbocycles. The molecule has 4 nitrogen and oxygen atoms in total. The first-order chi connectivity index (χ1) is 9.55. The van der Waals surface area contributed by atoms with Crippen LogP contribution in [-0.2, 0) is 15.8 Å². The summed E-state index contributed by atoms with van der Waals surface area (Å²) in [4.78, 5) is 0. The van der Waals surface area contributed by atoms with Crippen molar-refractivity contribution in [1.82, 2.24) is 10.0 Å². The average molecular weight is 337 g/mol. The zero-order chi connectivity index (χ0) is 14.4. The van der Waals surface area contributed by atoms with E-state index in [2.05, 4.69) is 10.0 Å². The molecular weight excluding hydrogens is 315 g/mol. The Morgan fingerprint density at radius 2 is 2.19 bits per heavy atom. The third kappa shape index (κ3) is 6.74. The molecule has 2 rings (SSSR count). The van der Waals surface area contributed by atoms with Gasteiger partial charge >= 0.3 is 0 Å². The van der Waals surface area contributed by atoms with Gasteiger partial charge in [0, 0.05) is 6.54 Å². The molecule has 1 aliphatic heterocycles. The molecule has 7 heteroatoms. The highest BCUT2D eigenvalue weighted by molar-refractivity contribution is 7.88. The van der Waals surface area contributed by atoms with E-state index in [0.29, 0.717) is 18.0 Å². The smallest absolute Gasteiger partial charge is 0.215 e. The number of sulfonamides is 1. The zero-order valence-electron chi connectivity index (χ0n) is 11.8. The Kier molecular flexibility index (Phi) is 7.59. The molecule has 1 saturated heterocycles. The minimum Gasteiger partial charge on any atom is -0.316 e. The number of piperidine rings is 1. The molecule has 21 heavy (non-hydrogen) atoms. The van der Waals surface area contributed by atoms with Crippen LogP contribution in [0.25, 0.3) is 0 Å². The molecule has 0 saturated carbocycles. The predicted octanol–water partition coefficient (Wildman–Crippen LogP) is 2.06. The first kappa shape index (κ1) is 18.4. The Morgan fingerprint density at radius 1 is 1.38 bits per heavy atom. The maximum Gasteiger partial charge on any atom is 0.215 e. The van der Waals surface area contributed by atoms with Crippen molar-refractivity contribution in [3.05, 3.63) is 35.6 Å². The summed E-state index contributed by atoms with van der Waals surface area (Å²) in [6, 6.07) is 5.70. The lowest BCUT2D eigenvalue weighted by Crippen LogP contribution is -2.33. The van der Waals surface area contributed by atoms with Crippen molar-refractivity contribution in [3.8, 4) is 0 Å². The summed E-state index contributed by atoms with van der Waals surface area (Å²) >= 11 is 0. The molecule has 2 N–H and O–H groups in total. The van der Waals surface area contributed by atoms with Crippen molar-refractivity contribution in [3.63, 3.8) is 0 Å². The Bertz CT molecular complexity index is 534. The molecular formula is C14H22ClFN2O2S. The summed E-state index contributed by atoms with van der Waals surface area (Å²) in [5, 5.41) is 3.31. The summed E-state index contributed by atoms with van der Waals surface area (Å²) in [5.74, 6) is -0.0418. The van der Waals surface area contributed by atoms with Crippen LogP contribution in [0.5, 0.6) is 0 Å². The summed E-state index contributed by atoms with van der Waals surface area (Å²) in [6.45, 7) is 2.47. The van der Waals surface area contributed by atoms with E-state index in [1.54, 1.807) is 6.07 Å². The minimum atomic E-state index is -3.39. The Hall–Kier alpha value is -0.690. The molecule has 1 aromatic carbocycles. The van der Waals surface area contributed by atoms with Gasteiger partial charge in [0.25, 0.3) is 0 Å². The number of rotatable bonds is 6. The van der Waals surface area contributed by atoms with Crippen molar-refractivity contribution in [2.75, 3.05) is 19.6 Å². The van der Waals surface area contributed by atoms with E-state index in [1.807, 2.05) is 0 Å². The third-order valence-corrected chi connectivity index (χ3v) is 4.88. The summed E-state index contributed by atoms with van der Waals surface area (Å²) in [6.07, 6.45) is 3.15. The zero-order valence-corrected chi connectivity index (χ0v) is 13.5. The largest absolute Gasteiger partial charge is 0.316 e. The lowest BCUT2D eigenvalue weighted by atomic mass is 9.96. The molecule has 120 valence electrons. The van der Waals surface area contributed by atoms with Gasteiger partial charge in [0.2, 0.25) is 10.0 Å². The van der Waals surface area contributed by atoms with Gasteiger partial charge in [-0.25, -0.2) is 17.5 Å². The molecule has 1 heterocycles. The van der Waals surface area contributed by atoms with E-state index < -0.39 is 15.8 Å². The van der Waals surface area contributed by atoms with Gasteiger partial charge in [-0.1, -0.05) is 12.1 Å². The van der Waals surface area contributed by atoms with E-state index >= 15 is 0 Å². The maximum atomic E-state index is 13.0. The van der Waals surface area contributed by atoms with Crippen LogP contribution in [0, 0.1) is 11.7 Å². The first-order valence-corrected chi connectivity index (χ1v) is 8.63. The lowest BCUT2D eigenvalue weighted by Gasteiger charge is -2.22. The van der Waals surface area contributed by atoms with E-state index in [-0.39, 0.29) is 18.2 Å². The van der Waals surface area contributed by atoms with Crippen LogP contribution in [0.2, 0.25) is 0 Å². The van der Waals surface area contributed by atoms with Crippen LogP contribution < -0.4 is 10.0 Å². The summed E-state index contributed by atoms with van der Waals surface area (Å²) in [7, 11) is -3.39. The third-order valence-electron chi connectivity index (χ3n) is 3.52. The summed E-state index contributed by atoms with van der Waals surface area (Å²) in [5.41, 5.74) is 0.469. The van der Waals surface area contributed by atoms with Crippen LogP contribution >= 0.6 is 12.4 Å². The van der Waals surface area contributed by atoms with Gasteiger partial charge in [-0.15, -0.1) is 12.4 Å². The Morgan fingerprint density at radius 3 is 2.86 bits per heavy atom. The van der Waals surface area contributed by atoms with Crippen LogP contribution in [0.15, 0.2) is 24.3 Å². The number of hydrogen-bond donors (Lipinski definition) is 2. The fourth-order valence-corrected chi connectivity index (χ4v) is 3.64. The van der Waals surface area contributed by atoms with E-state index in [1.165, 1.54) is 18.2 Å². The number of halogens is 2. The number of benzene rings is 1. The number of nitrogens with one attached hydrogen (secondary N) is 2. The molecule has 0 radical (unpaired) electrons. The van der Waals surface area contributed by atoms with Gasteiger partial charge in [-0.3, -0.25) is 0 Å². The topological polar surface area (TPSA) is 58.2 Å². The minimum absolute atomic E-state index is 0. The predicted molar refractivity (Wildman–Crippen MR) is 84.5 cm³/mol. The van der Waals surface area contributed by atoms with Gasteiger partial charge < -0.3 is 5.32 Å². The number of hydrogen-bond acceptors (Lipinski definition) is 3. The van der Waals surface area contributed by atoms with E-state index in [9.17, 15) is 12.8 Å². The molecule has 0 amide bonds. The van der Waals surface area contributed by atoms with Crippen LogP contribution in [0.4, 0.5) is 4.39 Å². The molecule has 1 fully saturated rings. The van der Waals surface area contributed by atoms with Crippen molar-refractivity contribution < 1.29 is 12.8 Å². The molecule has 1 atom stereocenters. The van der Waals surface area contributed by atoms with Gasteiger partial charge in [-0.2, -0.15) is 0 Å². The van der Waals surface area contributed by atoms with Gasteiger partial charge in [0.15, 0.2) is 0 Å². The van der Waals surface area contributed by atoms with Gasteiger partial charge in [-0.05, 0) is 56.0 Å². The standard InChI is InChI=1S/C14H21FN2O2S.ClH/c15-14-5-1-3-13(9-14)11-20(18,19)17-8-6-12-4-2-7-16-10-12;/h1,3,5,9,12,16-17H,2,4,6-8,10-11H2;1H. The second kappa shape index (κ2) is 8.68. The van der Waals surface area contributed by atoms with Crippen LogP contribution in [-0.4, -0.2) is 28.1 Å². The fraction of sp³-hybridized carbons (Fsp3) is 0.571. The monoisotopic (exact) mass is 336 g/mol. The quantitative estimate of drug-likeness (QED) is 0.836. The van der Waals surface area contributed by atoms with Crippen molar-refractivity contribution in [2.24, 2.45) is 5.92 Å². The molecule has 1 unspecified atom stereocenters. The molecule has 0 bridgehead atoms. The second-order valence-electron chi connectivity index (χ2n) is 5.28. The van der Waals surface area contributed by atoms with Crippen molar-refractivity contribution in [2.45, 2.75) is 25.0 Å². The highest BCUT2D eigenvalue weighted by Gasteiger charge is 2.15. The molecule has 1 aliphatic rings. The fourth-order valence-electron chi connectivity index (χ4n) is 2.49. The summed E-state index contributed by atoms with van der Waals surface area (Å²) < 4.78 is 39.4. The van der Waals surface area contributed by atoms with E-state index in [4.69, 9.17) is 0 Å². The molecule has 0 aromatic heterocycles. The van der Waals surface area contributed by atoms with E-state index in [0.717, 1.165) is 32.4 Å². The Labute approximate surface area is 132 Å². The van der Waals surface area contributed by atoms with Crippen LogP contribution in [0.3, 0.4) is 0 Å². The molecule has 0 spiro atoms. The van der Waals surface area contributed by atoms with Gasteiger partial charge in [0.05, 0.1) is 5.75 Å². The molecule has 1 aromatic rings. The Balaban J connectivity index is 0.00000220. The highest BCUT2D eigenvalue weighted by Crippen LogP contribution is 2.13. The highest BCUT2D eigenvalue weighted by atomic mass is 35.5. The maximum absolute atomic E-state index is 13.0. The van der Waals surface area contributed by atoms with Crippen molar-refractivity contribution in [1.29, 1.82) is 0 Å².